The van der Waals surface area contributed by atoms with E-state index in [0.29, 0.717) is 11.6 Å². The third kappa shape index (κ3) is 3.08. The lowest BCUT2D eigenvalue weighted by Gasteiger charge is -2.04. The van der Waals surface area contributed by atoms with Crippen molar-refractivity contribution in [3.8, 4) is 0 Å². The minimum absolute atomic E-state index is 0.155. The smallest absolute Gasteiger partial charge is 0.285 e. The first-order valence-corrected chi connectivity index (χ1v) is 4.46. The molecular weight excluding hydrogens is 217 g/mol. The van der Waals surface area contributed by atoms with E-state index < -0.39 is 12.0 Å². The van der Waals surface area contributed by atoms with E-state index >= 15 is 0 Å². The molecule has 0 heterocycles. The van der Waals surface area contributed by atoms with Crippen LogP contribution >= 0.6 is 0 Å². The number of ketones is 1. The summed E-state index contributed by atoms with van der Waals surface area (Å²) in [7, 11) is 0. The van der Waals surface area contributed by atoms with Crippen LogP contribution in [0.15, 0.2) is 49.1 Å². The average Bonchev–Trinajstić information content (AvgIpc) is 2.25. The second-order valence-corrected chi connectivity index (χ2v) is 3.03. The van der Waals surface area contributed by atoms with Crippen LogP contribution in [0.5, 0.6) is 0 Å². The molecule has 0 saturated carbocycles. The van der Waals surface area contributed by atoms with E-state index in [4.69, 9.17) is 0 Å². The minimum atomic E-state index is -4.84. The molecule has 4 heteroatoms. The van der Waals surface area contributed by atoms with E-state index in [-0.39, 0.29) is 5.57 Å². The van der Waals surface area contributed by atoms with E-state index in [1.807, 2.05) is 0 Å². The normalized spacial score (nSPS) is 12.3. The van der Waals surface area contributed by atoms with Gasteiger partial charge in [0.25, 0.3) is 5.78 Å². The molecule has 84 valence electrons. The summed E-state index contributed by atoms with van der Waals surface area (Å²) in [6, 6.07) is 8.29. The summed E-state index contributed by atoms with van der Waals surface area (Å²) in [5, 5.41) is 0. The molecule has 0 aliphatic heterocycles. The molecule has 0 bridgehead atoms. The fraction of sp³-hybridized carbons (Fsp3) is 0.0833. The first kappa shape index (κ1) is 12.2. The molecule has 0 unspecified atom stereocenters. The van der Waals surface area contributed by atoms with Gasteiger partial charge in [0.05, 0.1) is 0 Å². The maximum Gasteiger partial charge on any atom is 0.454 e. The Balaban J connectivity index is 3.05. The molecule has 0 atom stereocenters. The molecule has 0 aliphatic carbocycles. The Morgan fingerprint density at radius 2 is 1.75 bits per heavy atom. The van der Waals surface area contributed by atoms with Crippen LogP contribution in [-0.4, -0.2) is 12.0 Å². The SMILES string of the molecule is C=C/C(=C\C(=O)C(F)(F)F)c1ccccc1. The van der Waals surface area contributed by atoms with Gasteiger partial charge in [-0.05, 0) is 17.2 Å². The monoisotopic (exact) mass is 226 g/mol. The van der Waals surface area contributed by atoms with Gasteiger partial charge in [0.15, 0.2) is 0 Å². The largest absolute Gasteiger partial charge is 0.454 e. The molecule has 0 aromatic heterocycles. The summed E-state index contributed by atoms with van der Waals surface area (Å²) < 4.78 is 36.1. The molecule has 0 aliphatic rings. The predicted molar refractivity (Wildman–Crippen MR) is 55.7 cm³/mol. The van der Waals surface area contributed by atoms with E-state index in [0.717, 1.165) is 0 Å². The zero-order valence-electron chi connectivity index (χ0n) is 8.29. The first-order chi connectivity index (χ1) is 7.45. The number of rotatable bonds is 3. The predicted octanol–water partition coefficient (Wildman–Crippen LogP) is 3.39. The Kier molecular flexibility index (Phi) is 3.66. The number of carbonyl (C=O) groups is 1. The van der Waals surface area contributed by atoms with Gasteiger partial charge in [-0.2, -0.15) is 13.2 Å². The van der Waals surface area contributed by atoms with Gasteiger partial charge in [-0.1, -0.05) is 43.0 Å². The molecule has 1 nitrogen and oxygen atoms in total. The van der Waals surface area contributed by atoms with E-state index in [1.165, 1.54) is 6.08 Å². The van der Waals surface area contributed by atoms with Crippen molar-refractivity contribution in [2.75, 3.05) is 0 Å². The van der Waals surface area contributed by atoms with Gasteiger partial charge in [-0.25, -0.2) is 0 Å². The van der Waals surface area contributed by atoms with Crippen molar-refractivity contribution >= 4 is 11.4 Å². The van der Waals surface area contributed by atoms with Crippen molar-refractivity contribution in [1.29, 1.82) is 0 Å². The fourth-order valence-electron chi connectivity index (χ4n) is 1.11. The Hall–Kier alpha value is -1.84. The average molecular weight is 226 g/mol. The van der Waals surface area contributed by atoms with E-state index in [9.17, 15) is 18.0 Å². The van der Waals surface area contributed by atoms with Crippen LogP contribution in [0.2, 0.25) is 0 Å². The maximum atomic E-state index is 12.0. The number of allylic oxidation sites excluding steroid dienone is 3. The lowest BCUT2D eigenvalue weighted by atomic mass is 10.0. The van der Waals surface area contributed by atoms with Crippen LogP contribution < -0.4 is 0 Å². The van der Waals surface area contributed by atoms with Crippen molar-refractivity contribution in [3.05, 3.63) is 54.6 Å². The molecule has 0 spiro atoms. The van der Waals surface area contributed by atoms with Crippen molar-refractivity contribution < 1.29 is 18.0 Å². The van der Waals surface area contributed by atoms with Gasteiger partial charge in [-0.15, -0.1) is 0 Å². The molecule has 0 saturated heterocycles. The van der Waals surface area contributed by atoms with Crippen molar-refractivity contribution in [2.45, 2.75) is 6.18 Å². The third-order valence-corrected chi connectivity index (χ3v) is 1.89. The van der Waals surface area contributed by atoms with Gasteiger partial charge in [0, 0.05) is 0 Å². The third-order valence-electron chi connectivity index (χ3n) is 1.89. The van der Waals surface area contributed by atoms with Crippen molar-refractivity contribution in [1.82, 2.24) is 0 Å². The fourth-order valence-corrected chi connectivity index (χ4v) is 1.11. The molecule has 0 radical (unpaired) electrons. The molecular formula is C12H9F3O. The molecule has 1 rings (SSSR count). The van der Waals surface area contributed by atoms with Crippen LogP contribution in [0.4, 0.5) is 13.2 Å². The van der Waals surface area contributed by atoms with Crippen LogP contribution in [0.3, 0.4) is 0 Å². The highest BCUT2D eigenvalue weighted by Crippen LogP contribution is 2.21. The van der Waals surface area contributed by atoms with Crippen LogP contribution in [0.1, 0.15) is 5.56 Å². The second kappa shape index (κ2) is 4.79. The Morgan fingerprint density at radius 1 is 1.19 bits per heavy atom. The summed E-state index contributed by atoms with van der Waals surface area (Å²) in [5.41, 5.74) is 0.679. The molecule has 1 aromatic carbocycles. The summed E-state index contributed by atoms with van der Waals surface area (Å²) in [6.45, 7) is 3.38. The Labute approximate surface area is 90.9 Å². The lowest BCUT2D eigenvalue weighted by molar-refractivity contribution is -0.165. The standard InChI is InChI=1S/C12H9F3O/c1-2-9(8-11(16)12(13,14)15)10-6-4-3-5-7-10/h2-8H,1H2/b9-8+. The summed E-state index contributed by atoms with van der Waals surface area (Å²) in [6.07, 6.45) is -3.08. The maximum absolute atomic E-state index is 12.0. The molecule has 1 aromatic rings. The first-order valence-electron chi connectivity index (χ1n) is 4.46. The molecule has 16 heavy (non-hydrogen) atoms. The zero-order valence-corrected chi connectivity index (χ0v) is 8.29. The lowest BCUT2D eigenvalue weighted by Crippen LogP contribution is -2.20. The number of hydrogen-bond acceptors (Lipinski definition) is 1. The van der Waals surface area contributed by atoms with Crippen LogP contribution in [0.25, 0.3) is 5.57 Å². The van der Waals surface area contributed by atoms with Crippen LogP contribution in [0, 0.1) is 0 Å². The second-order valence-electron chi connectivity index (χ2n) is 3.03. The Morgan fingerprint density at radius 3 is 2.19 bits per heavy atom. The number of carbonyl (C=O) groups excluding carboxylic acids is 1. The van der Waals surface area contributed by atoms with E-state index in [2.05, 4.69) is 6.58 Å². The Bertz CT molecular complexity index is 416. The van der Waals surface area contributed by atoms with Gasteiger partial charge in [0.2, 0.25) is 0 Å². The van der Waals surface area contributed by atoms with Crippen molar-refractivity contribution in [2.24, 2.45) is 0 Å². The topological polar surface area (TPSA) is 17.1 Å². The van der Waals surface area contributed by atoms with Crippen LogP contribution in [-0.2, 0) is 4.79 Å². The number of alkyl halides is 3. The number of hydrogen-bond donors (Lipinski definition) is 0. The highest BCUT2D eigenvalue weighted by molar-refractivity contribution is 6.01. The van der Waals surface area contributed by atoms with Gasteiger partial charge in [-0.3, -0.25) is 4.79 Å². The highest BCUT2D eigenvalue weighted by Gasteiger charge is 2.36. The molecule has 0 amide bonds. The van der Waals surface area contributed by atoms with Gasteiger partial charge >= 0.3 is 6.18 Å². The quantitative estimate of drug-likeness (QED) is 0.570. The van der Waals surface area contributed by atoms with Crippen molar-refractivity contribution in [3.63, 3.8) is 0 Å². The van der Waals surface area contributed by atoms with Gasteiger partial charge in [0.1, 0.15) is 0 Å². The zero-order chi connectivity index (χ0) is 12.2. The van der Waals surface area contributed by atoms with E-state index in [1.54, 1.807) is 30.3 Å². The number of benzene rings is 1. The summed E-state index contributed by atoms with van der Waals surface area (Å²) in [5.74, 6) is -1.88. The molecule has 0 fully saturated rings. The summed E-state index contributed by atoms with van der Waals surface area (Å²) in [4.78, 5) is 10.8. The minimum Gasteiger partial charge on any atom is -0.285 e. The number of halogens is 3. The van der Waals surface area contributed by atoms with Gasteiger partial charge < -0.3 is 0 Å². The summed E-state index contributed by atoms with van der Waals surface area (Å²) >= 11 is 0. The molecule has 0 N–H and O–H groups in total. The highest BCUT2D eigenvalue weighted by atomic mass is 19.4.